The molecule has 1 aliphatic rings. The van der Waals surface area contributed by atoms with Gasteiger partial charge in [-0.05, 0) is 122 Å². The Hall–Kier alpha value is -7.98. The predicted molar refractivity (Wildman–Crippen MR) is 269 cm³/mol. The van der Waals surface area contributed by atoms with Crippen molar-refractivity contribution >= 4 is 70.5 Å². The zero-order valence-corrected chi connectivity index (χ0v) is 35.6. The highest BCUT2D eigenvalue weighted by Gasteiger charge is 2.46. The van der Waals surface area contributed by atoms with Crippen LogP contribution in [0.15, 0.2) is 241 Å². The minimum absolute atomic E-state index is 0.470. The Kier molecular flexibility index (Phi) is 8.34. The number of hydrogen-bond acceptors (Lipinski definition) is 3. The standard InChI is InChI=1S/C61H39NOS/c1-3-16-43(17-4-1)61(44-18-5-2-6-19-44)54-25-10-7-21-49(54)52-39-47(34-35-55(52)61)62(45-32-29-40(30-33-45)48-24-14-28-59-60(48)51-23-9-12-27-58(51)64-59)46-20-13-15-41(37-46)42-31-36-57-53(38-42)50-22-8-11-26-56(50)63-57/h1-39H. The number of rotatable bonds is 7. The third-order valence-corrected chi connectivity index (χ3v) is 14.5. The molecule has 2 aromatic heterocycles. The van der Waals surface area contributed by atoms with Crippen molar-refractivity contribution in [2.45, 2.75) is 5.41 Å². The number of furan rings is 1. The monoisotopic (exact) mass is 833 g/mol. The molecular formula is C61H39NOS. The fourth-order valence-electron chi connectivity index (χ4n) is 10.6. The van der Waals surface area contributed by atoms with E-state index in [0.717, 1.165) is 50.1 Å². The van der Waals surface area contributed by atoms with Gasteiger partial charge in [-0.3, -0.25) is 0 Å². The Bertz CT molecular complexity index is 3690. The fourth-order valence-corrected chi connectivity index (χ4v) is 11.7. The van der Waals surface area contributed by atoms with Gasteiger partial charge in [0, 0.05) is 48.0 Å². The van der Waals surface area contributed by atoms with Crippen molar-refractivity contribution in [3.8, 4) is 33.4 Å². The van der Waals surface area contributed by atoms with Crippen LogP contribution in [0.1, 0.15) is 22.3 Å². The predicted octanol–water partition coefficient (Wildman–Crippen LogP) is 17.1. The molecule has 0 fully saturated rings. The smallest absolute Gasteiger partial charge is 0.135 e. The van der Waals surface area contributed by atoms with E-state index in [1.165, 1.54) is 64.7 Å². The number of para-hydroxylation sites is 1. The van der Waals surface area contributed by atoms with E-state index < -0.39 is 5.41 Å². The molecule has 0 aliphatic heterocycles. The Morgan fingerprint density at radius 1 is 0.344 bits per heavy atom. The molecule has 0 radical (unpaired) electrons. The van der Waals surface area contributed by atoms with E-state index in [4.69, 9.17) is 4.42 Å². The van der Waals surface area contributed by atoms with E-state index in [1.54, 1.807) is 0 Å². The number of benzene rings is 10. The van der Waals surface area contributed by atoms with Crippen molar-refractivity contribution in [2.24, 2.45) is 0 Å². The number of fused-ring (bicyclic) bond motifs is 9. The van der Waals surface area contributed by atoms with E-state index in [2.05, 4.69) is 229 Å². The normalized spacial score (nSPS) is 12.8. The summed E-state index contributed by atoms with van der Waals surface area (Å²) in [4.78, 5) is 2.42. The first-order valence-corrected chi connectivity index (χ1v) is 22.7. The average Bonchev–Trinajstić information content (AvgIpc) is 4.03. The molecule has 0 saturated heterocycles. The number of thiophene rings is 1. The molecule has 300 valence electrons. The van der Waals surface area contributed by atoms with Crippen LogP contribution >= 0.6 is 11.3 Å². The first-order chi connectivity index (χ1) is 31.7. The van der Waals surface area contributed by atoms with Gasteiger partial charge in [0.15, 0.2) is 0 Å². The van der Waals surface area contributed by atoms with Crippen LogP contribution in [0.5, 0.6) is 0 Å². The molecule has 0 amide bonds. The summed E-state index contributed by atoms with van der Waals surface area (Å²) in [6.45, 7) is 0. The van der Waals surface area contributed by atoms with E-state index >= 15 is 0 Å². The number of nitrogens with zero attached hydrogens (tertiary/aromatic N) is 1. The Morgan fingerprint density at radius 3 is 1.77 bits per heavy atom. The Morgan fingerprint density at radius 2 is 0.938 bits per heavy atom. The minimum Gasteiger partial charge on any atom is -0.456 e. The van der Waals surface area contributed by atoms with Crippen LogP contribution in [0.2, 0.25) is 0 Å². The average molecular weight is 834 g/mol. The summed E-state index contributed by atoms with van der Waals surface area (Å²) in [6, 6.07) is 86.6. The highest BCUT2D eigenvalue weighted by Crippen LogP contribution is 2.57. The van der Waals surface area contributed by atoms with Gasteiger partial charge in [0.2, 0.25) is 0 Å². The van der Waals surface area contributed by atoms with Gasteiger partial charge in [0.05, 0.1) is 5.41 Å². The molecule has 2 nitrogen and oxygen atoms in total. The van der Waals surface area contributed by atoms with Crippen LogP contribution in [-0.4, -0.2) is 0 Å². The second kappa shape index (κ2) is 14.6. The molecule has 0 saturated carbocycles. The third-order valence-electron chi connectivity index (χ3n) is 13.4. The van der Waals surface area contributed by atoms with Gasteiger partial charge >= 0.3 is 0 Å². The van der Waals surface area contributed by atoms with E-state index in [0.29, 0.717) is 0 Å². The summed E-state index contributed by atoms with van der Waals surface area (Å²) in [5, 5.41) is 4.88. The molecule has 0 unspecified atom stereocenters. The SMILES string of the molecule is c1ccc(C2(c3ccccc3)c3ccccc3-c3cc(N(c4ccc(-c5cccc6sc7ccccc7c56)cc4)c4cccc(-c5ccc6oc7ccccc7c6c5)c4)ccc32)cc1. The van der Waals surface area contributed by atoms with E-state index in [-0.39, 0.29) is 0 Å². The molecule has 10 aromatic carbocycles. The molecular weight excluding hydrogens is 795 g/mol. The molecule has 3 heteroatoms. The lowest BCUT2D eigenvalue weighted by Gasteiger charge is -2.34. The molecule has 0 atom stereocenters. The van der Waals surface area contributed by atoms with Crippen molar-refractivity contribution in [1.82, 2.24) is 0 Å². The first kappa shape index (κ1) is 36.7. The summed E-state index contributed by atoms with van der Waals surface area (Å²) in [7, 11) is 0. The van der Waals surface area contributed by atoms with Crippen molar-refractivity contribution in [2.75, 3.05) is 4.90 Å². The van der Waals surface area contributed by atoms with E-state index in [1.807, 2.05) is 23.5 Å². The second-order valence-corrected chi connectivity index (χ2v) is 17.9. The molecule has 1 aliphatic carbocycles. The summed E-state index contributed by atoms with van der Waals surface area (Å²) in [5.74, 6) is 0. The van der Waals surface area contributed by atoms with Gasteiger partial charge in [-0.15, -0.1) is 11.3 Å². The lowest BCUT2D eigenvalue weighted by atomic mass is 9.68. The molecule has 0 N–H and O–H groups in total. The zero-order valence-electron chi connectivity index (χ0n) is 34.8. The van der Waals surface area contributed by atoms with Crippen molar-refractivity contribution in [3.63, 3.8) is 0 Å². The second-order valence-electron chi connectivity index (χ2n) is 16.8. The third kappa shape index (κ3) is 5.58. The largest absolute Gasteiger partial charge is 0.456 e. The van der Waals surface area contributed by atoms with E-state index in [9.17, 15) is 0 Å². The zero-order chi connectivity index (χ0) is 42.2. The van der Waals surface area contributed by atoms with Gasteiger partial charge < -0.3 is 9.32 Å². The number of hydrogen-bond donors (Lipinski definition) is 0. The van der Waals surface area contributed by atoms with Gasteiger partial charge in [0.1, 0.15) is 11.2 Å². The minimum atomic E-state index is -0.470. The molecule has 12 aromatic rings. The maximum absolute atomic E-state index is 6.23. The van der Waals surface area contributed by atoms with Crippen LogP contribution in [-0.2, 0) is 5.41 Å². The maximum atomic E-state index is 6.23. The molecule has 0 bridgehead atoms. The van der Waals surface area contributed by atoms with Crippen LogP contribution in [0.3, 0.4) is 0 Å². The summed E-state index contributed by atoms with van der Waals surface area (Å²) in [6.07, 6.45) is 0. The lowest BCUT2D eigenvalue weighted by Crippen LogP contribution is -2.28. The molecule has 64 heavy (non-hydrogen) atoms. The van der Waals surface area contributed by atoms with Crippen LogP contribution in [0, 0.1) is 0 Å². The van der Waals surface area contributed by atoms with Crippen LogP contribution in [0.25, 0.3) is 75.5 Å². The van der Waals surface area contributed by atoms with Gasteiger partial charge in [-0.25, -0.2) is 0 Å². The maximum Gasteiger partial charge on any atom is 0.135 e. The molecule has 0 spiro atoms. The van der Waals surface area contributed by atoms with Gasteiger partial charge in [0.25, 0.3) is 0 Å². The topological polar surface area (TPSA) is 16.4 Å². The molecule has 13 rings (SSSR count). The van der Waals surface area contributed by atoms with Crippen LogP contribution < -0.4 is 4.90 Å². The van der Waals surface area contributed by atoms with Crippen molar-refractivity contribution in [1.29, 1.82) is 0 Å². The first-order valence-electron chi connectivity index (χ1n) is 21.9. The lowest BCUT2D eigenvalue weighted by molar-refractivity contribution is 0.669. The quantitative estimate of drug-likeness (QED) is 0.159. The van der Waals surface area contributed by atoms with Crippen molar-refractivity contribution < 1.29 is 4.42 Å². The summed E-state index contributed by atoms with van der Waals surface area (Å²) >= 11 is 1.86. The summed E-state index contributed by atoms with van der Waals surface area (Å²) < 4.78 is 8.85. The van der Waals surface area contributed by atoms with Gasteiger partial charge in [-0.2, -0.15) is 0 Å². The fraction of sp³-hybridized carbons (Fsp3) is 0.0164. The highest BCUT2D eigenvalue weighted by atomic mass is 32.1. The summed E-state index contributed by atoms with van der Waals surface area (Å²) in [5.41, 5.74) is 16.9. The highest BCUT2D eigenvalue weighted by molar-refractivity contribution is 7.25. The van der Waals surface area contributed by atoms with Gasteiger partial charge in [-0.1, -0.05) is 170 Å². The number of anilines is 3. The Labute approximate surface area is 375 Å². The van der Waals surface area contributed by atoms with Crippen LogP contribution in [0.4, 0.5) is 17.1 Å². The Balaban J connectivity index is 1.000. The van der Waals surface area contributed by atoms with Crippen molar-refractivity contribution in [3.05, 3.63) is 259 Å². The molecule has 2 heterocycles.